The van der Waals surface area contributed by atoms with Gasteiger partial charge in [0, 0.05) is 22.7 Å². The summed E-state index contributed by atoms with van der Waals surface area (Å²) in [6.07, 6.45) is 0. The van der Waals surface area contributed by atoms with E-state index in [4.69, 9.17) is 25.2 Å². The first-order valence-corrected chi connectivity index (χ1v) is 8.22. The fraction of sp³-hybridized carbons (Fsp3) is 0.150. The molecule has 0 atom stereocenters. The number of esters is 1. The number of benzene rings is 2. The number of hydrogen-bond acceptors (Lipinski definition) is 4. The van der Waals surface area contributed by atoms with Crippen LogP contribution in [0.25, 0.3) is 33.1 Å². The Hall–Kier alpha value is -2.72. The summed E-state index contributed by atoms with van der Waals surface area (Å²) in [6, 6.07) is 11.1. The Bertz CT molecular complexity index is 1130. The van der Waals surface area contributed by atoms with Crippen LogP contribution in [0.2, 0.25) is 5.02 Å². The summed E-state index contributed by atoms with van der Waals surface area (Å²) in [7, 11) is 0. The SMILES string of the molecule is CC(=O)Oc1c2ccc(Cl)cc2c(-c2ccc(C)o2)c2oc(C)cc12. The van der Waals surface area contributed by atoms with E-state index in [0.717, 1.165) is 27.5 Å². The quantitative estimate of drug-likeness (QED) is 0.325. The minimum absolute atomic E-state index is 0.391. The molecule has 4 nitrogen and oxygen atoms in total. The van der Waals surface area contributed by atoms with Gasteiger partial charge in [0.1, 0.15) is 28.6 Å². The van der Waals surface area contributed by atoms with Crippen LogP contribution in [-0.2, 0) is 4.79 Å². The maximum absolute atomic E-state index is 11.6. The highest BCUT2D eigenvalue weighted by molar-refractivity contribution is 6.32. The van der Waals surface area contributed by atoms with Crippen LogP contribution in [-0.4, -0.2) is 5.97 Å². The molecule has 0 N–H and O–H groups in total. The summed E-state index contributed by atoms with van der Waals surface area (Å²) in [6.45, 7) is 5.12. The number of ether oxygens (including phenoxy) is 1. The molecule has 0 unspecified atom stereocenters. The molecule has 0 fully saturated rings. The largest absolute Gasteiger partial charge is 0.461 e. The summed E-state index contributed by atoms with van der Waals surface area (Å²) >= 11 is 6.23. The fourth-order valence-electron chi connectivity index (χ4n) is 3.12. The summed E-state index contributed by atoms with van der Waals surface area (Å²) in [5.74, 6) is 2.27. The van der Waals surface area contributed by atoms with Crippen molar-refractivity contribution in [3.63, 3.8) is 0 Å². The van der Waals surface area contributed by atoms with Crippen molar-refractivity contribution >= 4 is 39.3 Å². The first-order chi connectivity index (χ1) is 11.9. The molecule has 0 spiro atoms. The predicted molar refractivity (Wildman–Crippen MR) is 97.2 cm³/mol. The van der Waals surface area contributed by atoms with Crippen molar-refractivity contribution in [1.82, 2.24) is 0 Å². The van der Waals surface area contributed by atoms with Gasteiger partial charge in [0.25, 0.3) is 0 Å². The normalized spacial score (nSPS) is 11.4. The van der Waals surface area contributed by atoms with E-state index in [-0.39, 0.29) is 0 Å². The van der Waals surface area contributed by atoms with Gasteiger partial charge in [0.2, 0.25) is 0 Å². The van der Waals surface area contributed by atoms with Gasteiger partial charge in [-0.05, 0) is 50.2 Å². The van der Waals surface area contributed by atoms with Crippen molar-refractivity contribution in [2.75, 3.05) is 0 Å². The summed E-state index contributed by atoms with van der Waals surface area (Å²) in [5, 5.41) is 2.89. The number of furan rings is 2. The van der Waals surface area contributed by atoms with Gasteiger partial charge in [-0.3, -0.25) is 4.79 Å². The molecule has 2 aromatic carbocycles. The molecule has 25 heavy (non-hydrogen) atoms. The number of aryl methyl sites for hydroxylation is 2. The number of fused-ring (bicyclic) bond motifs is 2. The maximum atomic E-state index is 11.6. The van der Waals surface area contributed by atoms with Crippen LogP contribution >= 0.6 is 11.6 Å². The lowest BCUT2D eigenvalue weighted by Gasteiger charge is -2.12. The van der Waals surface area contributed by atoms with Crippen LogP contribution in [0.5, 0.6) is 5.75 Å². The van der Waals surface area contributed by atoms with Crippen molar-refractivity contribution in [2.24, 2.45) is 0 Å². The van der Waals surface area contributed by atoms with Gasteiger partial charge in [0.05, 0.1) is 10.9 Å². The van der Waals surface area contributed by atoms with Crippen molar-refractivity contribution in [3.8, 4) is 17.1 Å². The van der Waals surface area contributed by atoms with E-state index in [1.807, 2.05) is 44.2 Å². The second-order valence-electron chi connectivity index (χ2n) is 6.00. The van der Waals surface area contributed by atoms with Crippen molar-refractivity contribution < 1.29 is 18.4 Å². The van der Waals surface area contributed by atoms with Crippen LogP contribution in [0.4, 0.5) is 0 Å². The van der Waals surface area contributed by atoms with Gasteiger partial charge >= 0.3 is 5.97 Å². The van der Waals surface area contributed by atoms with Crippen LogP contribution in [0, 0.1) is 13.8 Å². The standard InChI is InChI=1S/C20H15ClO4/c1-10-4-7-17(23-10)18-15-9-13(21)5-6-14(15)19(25-12(3)22)16-8-11(2)24-20(16)18/h4-9H,1-3H3. The third kappa shape index (κ3) is 2.59. The van der Waals surface area contributed by atoms with Crippen LogP contribution in [0.1, 0.15) is 18.4 Å². The maximum Gasteiger partial charge on any atom is 0.308 e. The van der Waals surface area contributed by atoms with Gasteiger partial charge in [-0.2, -0.15) is 0 Å². The van der Waals surface area contributed by atoms with E-state index in [2.05, 4.69) is 0 Å². The van der Waals surface area contributed by atoms with E-state index in [0.29, 0.717) is 27.9 Å². The molecule has 0 bridgehead atoms. The van der Waals surface area contributed by atoms with Crippen LogP contribution in [0.15, 0.2) is 45.2 Å². The van der Waals surface area contributed by atoms with E-state index < -0.39 is 5.97 Å². The number of hydrogen-bond donors (Lipinski definition) is 0. The first-order valence-electron chi connectivity index (χ1n) is 7.84. The highest BCUT2D eigenvalue weighted by atomic mass is 35.5. The predicted octanol–water partition coefficient (Wildman–Crippen LogP) is 6.04. The van der Waals surface area contributed by atoms with E-state index in [9.17, 15) is 4.79 Å². The third-order valence-corrected chi connectivity index (χ3v) is 4.29. The summed E-state index contributed by atoms with van der Waals surface area (Å²) < 4.78 is 17.3. The first kappa shape index (κ1) is 15.8. The number of carbonyl (C=O) groups is 1. The molecule has 126 valence electrons. The van der Waals surface area contributed by atoms with Gasteiger partial charge in [0.15, 0.2) is 0 Å². The Kier molecular flexibility index (Phi) is 3.58. The molecular weight excluding hydrogens is 340 g/mol. The van der Waals surface area contributed by atoms with Gasteiger partial charge in [-0.15, -0.1) is 0 Å². The van der Waals surface area contributed by atoms with E-state index in [1.54, 1.807) is 6.07 Å². The van der Waals surface area contributed by atoms with E-state index >= 15 is 0 Å². The van der Waals surface area contributed by atoms with Crippen molar-refractivity contribution in [1.29, 1.82) is 0 Å². The number of carbonyl (C=O) groups excluding carboxylic acids is 1. The molecule has 0 radical (unpaired) electrons. The number of rotatable bonds is 2. The highest BCUT2D eigenvalue weighted by Gasteiger charge is 2.22. The zero-order valence-corrected chi connectivity index (χ0v) is 14.7. The molecule has 0 aliphatic rings. The molecule has 4 rings (SSSR count). The lowest BCUT2D eigenvalue weighted by molar-refractivity contribution is -0.131. The zero-order valence-electron chi connectivity index (χ0n) is 14.0. The zero-order chi connectivity index (χ0) is 17.7. The Morgan fingerprint density at radius 3 is 2.44 bits per heavy atom. The Balaban J connectivity index is 2.22. The molecule has 0 aliphatic carbocycles. The molecule has 0 amide bonds. The second kappa shape index (κ2) is 5.67. The van der Waals surface area contributed by atoms with Gasteiger partial charge in [-0.1, -0.05) is 11.6 Å². The van der Waals surface area contributed by atoms with E-state index in [1.165, 1.54) is 6.92 Å². The molecule has 2 heterocycles. The number of halogens is 1. The topological polar surface area (TPSA) is 52.6 Å². The second-order valence-corrected chi connectivity index (χ2v) is 6.43. The molecule has 4 aromatic rings. The van der Waals surface area contributed by atoms with Gasteiger partial charge < -0.3 is 13.6 Å². The average Bonchev–Trinajstić information content (AvgIpc) is 3.12. The summed E-state index contributed by atoms with van der Waals surface area (Å²) in [4.78, 5) is 11.6. The minimum atomic E-state index is -0.391. The third-order valence-electron chi connectivity index (χ3n) is 4.06. The highest BCUT2D eigenvalue weighted by Crippen LogP contribution is 2.45. The lowest BCUT2D eigenvalue weighted by atomic mass is 9.98. The smallest absolute Gasteiger partial charge is 0.308 e. The lowest BCUT2D eigenvalue weighted by Crippen LogP contribution is -2.02. The Labute approximate surface area is 148 Å². The average molecular weight is 355 g/mol. The molecule has 0 saturated carbocycles. The van der Waals surface area contributed by atoms with Crippen LogP contribution < -0.4 is 4.74 Å². The molecule has 0 aliphatic heterocycles. The minimum Gasteiger partial charge on any atom is -0.461 e. The van der Waals surface area contributed by atoms with Crippen LogP contribution in [0.3, 0.4) is 0 Å². The summed E-state index contributed by atoms with van der Waals surface area (Å²) in [5.41, 5.74) is 1.41. The molecular formula is C20H15ClO4. The van der Waals surface area contributed by atoms with Gasteiger partial charge in [-0.25, -0.2) is 0 Å². The Morgan fingerprint density at radius 1 is 0.960 bits per heavy atom. The molecule has 5 heteroatoms. The van der Waals surface area contributed by atoms with Crippen molar-refractivity contribution in [2.45, 2.75) is 20.8 Å². The Morgan fingerprint density at radius 2 is 1.76 bits per heavy atom. The molecule has 2 aromatic heterocycles. The fourth-order valence-corrected chi connectivity index (χ4v) is 3.30. The van der Waals surface area contributed by atoms with Crippen molar-refractivity contribution in [3.05, 3.63) is 52.9 Å². The molecule has 0 saturated heterocycles. The monoisotopic (exact) mass is 354 g/mol.